The van der Waals surface area contributed by atoms with E-state index in [2.05, 4.69) is 30.7 Å². The van der Waals surface area contributed by atoms with Gasteiger partial charge in [0.05, 0.1) is 9.47 Å². The first kappa shape index (κ1) is 9.66. The average molecular weight is 205 g/mol. The molecule has 1 heterocycles. The summed E-state index contributed by atoms with van der Waals surface area (Å²) in [4.78, 5) is 0. The number of hydrogen-bond acceptors (Lipinski definition) is 4. The summed E-state index contributed by atoms with van der Waals surface area (Å²) in [5.74, 6) is 0.946. The van der Waals surface area contributed by atoms with Crippen LogP contribution in [0.25, 0.3) is 0 Å². The van der Waals surface area contributed by atoms with Crippen molar-refractivity contribution in [3.05, 3.63) is 24.5 Å². The van der Waals surface area contributed by atoms with Crippen LogP contribution < -0.4 is 4.52 Å². The fourth-order valence-electron chi connectivity index (χ4n) is 0.700. The van der Waals surface area contributed by atoms with Crippen molar-refractivity contribution in [2.75, 3.05) is 0 Å². The number of nitrogens with zero attached hydrogens (tertiary/aromatic N) is 1. The van der Waals surface area contributed by atoms with Crippen LogP contribution in [0.2, 0.25) is 0 Å². The molecular formula is C6H9NO3P2. The molecule has 0 saturated carbocycles. The molecule has 0 aliphatic carbocycles. The van der Waals surface area contributed by atoms with E-state index >= 15 is 0 Å². The quantitative estimate of drug-likeness (QED) is 0.556. The molecule has 0 aliphatic heterocycles. The van der Waals surface area contributed by atoms with E-state index in [9.17, 15) is 0 Å². The molecule has 0 aliphatic rings. The zero-order valence-electron chi connectivity index (χ0n) is 6.27. The number of hydrogen-bond donors (Lipinski definition) is 0. The largest absolute Gasteiger partial charge is 0.461 e. The minimum Gasteiger partial charge on any atom is -0.461 e. The summed E-state index contributed by atoms with van der Waals surface area (Å²) < 4.78 is 14.6. The normalized spacial score (nSPS) is 12.5. The molecule has 3 unspecified atom stereocenters. The lowest BCUT2D eigenvalue weighted by Gasteiger charge is -2.03. The predicted octanol–water partition coefficient (Wildman–Crippen LogP) is 1.88. The first-order valence-electron chi connectivity index (χ1n) is 3.13. The molecule has 0 aromatic carbocycles. The van der Waals surface area contributed by atoms with Crippen molar-refractivity contribution in [1.82, 2.24) is 5.16 Å². The maximum atomic E-state index is 4.95. The van der Waals surface area contributed by atoms with E-state index in [-0.39, 0.29) is 6.10 Å². The summed E-state index contributed by atoms with van der Waals surface area (Å²) in [5, 5.41) is 3.60. The monoisotopic (exact) mass is 205 g/mol. The first-order chi connectivity index (χ1) is 5.81. The lowest BCUT2D eigenvalue weighted by atomic mass is 10.3. The van der Waals surface area contributed by atoms with Gasteiger partial charge in [0, 0.05) is 15.5 Å². The van der Waals surface area contributed by atoms with Crippen molar-refractivity contribution in [3.63, 3.8) is 0 Å². The van der Waals surface area contributed by atoms with Gasteiger partial charge in [-0.05, 0) is 5.16 Å². The van der Waals surface area contributed by atoms with Gasteiger partial charge < -0.3 is 13.6 Å². The molecule has 6 heteroatoms. The highest BCUT2D eigenvalue weighted by atomic mass is 31.0. The van der Waals surface area contributed by atoms with Crippen LogP contribution in [0.5, 0.6) is 5.88 Å². The average Bonchev–Trinajstić information content (AvgIpc) is 2.55. The number of aromatic nitrogens is 1. The highest BCUT2D eigenvalue weighted by Crippen LogP contribution is 2.24. The van der Waals surface area contributed by atoms with Gasteiger partial charge in [0.1, 0.15) is 6.10 Å². The van der Waals surface area contributed by atoms with E-state index in [1.807, 2.05) is 0 Å². The summed E-state index contributed by atoms with van der Waals surface area (Å²) in [6, 6.07) is 1.63. The van der Waals surface area contributed by atoms with E-state index in [0.29, 0.717) is 11.6 Å². The van der Waals surface area contributed by atoms with E-state index in [0.717, 1.165) is 0 Å². The van der Waals surface area contributed by atoms with Crippen molar-refractivity contribution in [2.45, 2.75) is 6.10 Å². The molecule has 0 radical (unpaired) electrons. The van der Waals surface area contributed by atoms with Gasteiger partial charge in [0.2, 0.25) is 0 Å². The number of rotatable bonds is 4. The molecule has 0 saturated heterocycles. The Bertz CT molecular complexity index is 263. The molecule has 1 aromatic heterocycles. The summed E-state index contributed by atoms with van der Waals surface area (Å²) >= 11 is 0. The van der Waals surface area contributed by atoms with E-state index < -0.39 is 0 Å². The van der Waals surface area contributed by atoms with Crippen molar-refractivity contribution < 1.29 is 13.6 Å². The van der Waals surface area contributed by atoms with Crippen LogP contribution in [0.4, 0.5) is 0 Å². The second kappa shape index (κ2) is 4.56. The molecule has 0 spiro atoms. The minimum absolute atomic E-state index is 0.309. The second-order valence-electron chi connectivity index (χ2n) is 1.98. The Morgan fingerprint density at radius 1 is 1.67 bits per heavy atom. The van der Waals surface area contributed by atoms with Crippen molar-refractivity contribution >= 4 is 18.9 Å². The van der Waals surface area contributed by atoms with Crippen LogP contribution in [0.15, 0.2) is 23.2 Å². The van der Waals surface area contributed by atoms with Gasteiger partial charge in [0.25, 0.3) is 5.88 Å². The van der Waals surface area contributed by atoms with Crippen molar-refractivity contribution in [3.8, 4) is 5.88 Å². The zero-order valence-corrected chi connectivity index (χ0v) is 8.58. The highest BCUT2D eigenvalue weighted by molar-refractivity contribution is 7.10. The molecule has 0 N–H and O–H groups in total. The van der Waals surface area contributed by atoms with Crippen LogP contribution in [0.3, 0.4) is 0 Å². The van der Waals surface area contributed by atoms with Crippen LogP contribution in [0, 0.1) is 0 Å². The van der Waals surface area contributed by atoms with Gasteiger partial charge in [-0.1, -0.05) is 6.08 Å². The molecule has 0 amide bonds. The molecule has 1 aromatic rings. The third-order valence-corrected chi connectivity index (χ3v) is 1.80. The maximum absolute atomic E-state index is 4.95. The van der Waals surface area contributed by atoms with Gasteiger partial charge in [-0.15, -0.1) is 6.58 Å². The molecule has 1 rings (SSSR count). The Morgan fingerprint density at radius 3 is 2.83 bits per heavy atom. The summed E-state index contributed by atoms with van der Waals surface area (Å²) in [6.45, 7) is 3.57. The maximum Gasteiger partial charge on any atom is 0.256 e. The van der Waals surface area contributed by atoms with E-state index in [1.54, 1.807) is 12.1 Å². The van der Waals surface area contributed by atoms with Crippen LogP contribution in [0.1, 0.15) is 11.9 Å². The SMILES string of the molecule is C=CC(OP)c1cc(OP)no1. The van der Waals surface area contributed by atoms with Crippen molar-refractivity contribution in [2.24, 2.45) is 0 Å². The molecule has 0 fully saturated rings. The lowest BCUT2D eigenvalue weighted by Crippen LogP contribution is -1.90. The molecule has 4 nitrogen and oxygen atoms in total. The highest BCUT2D eigenvalue weighted by Gasteiger charge is 2.12. The van der Waals surface area contributed by atoms with Gasteiger partial charge in [0.15, 0.2) is 5.76 Å². The smallest absolute Gasteiger partial charge is 0.256 e. The summed E-state index contributed by atoms with van der Waals surface area (Å²) in [5.41, 5.74) is 0. The molecule has 3 atom stereocenters. The standard InChI is InChI=1S/C6H9NO3P2/c1-2-4(9-11)5-3-6(10-12)7-8-5/h2-4H,1,11-12H2. The first-order valence-corrected chi connectivity index (χ1v) is 4.07. The Hall–Kier alpha value is -0.430. The molecule has 0 bridgehead atoms. The van der Waals surface area contributed by atoms with E-state index in [1.165, 1.54) is 0 Å². The Morgan fingerprint density at radius 2 is 2.42 bits per heavy atom. The Kier molecular flexibility index (Phi) is 3.67. The van der Waals surface area contributed by atoms with Crippen LogP contribution in [-0.2, 0) is 4.52 Å². The van der Waals surface area contributed by atoms with Crippen LogP contribution in [-0.4, -0.2) is 5.16 Å². The summed E-state index contributed by atoms with van der Waals surface area (Å²) in [6.07, 6.45) is 1.29. The van der Waals surface area contributed by atoms with Gasteiger partial charge in [-0.2, -0.15) is 0 Å². The molecule has 12 heavy (non-hydrogen) atoms. The fourth-order valence-corrected chi connectivity index (χ4v) is 1.06. The Balaban J connectivity index is 2.79. The minimum atomic E-state index is -0.309. The van der Waals surface area contributed by atoms with E-state index in [4.69, 9.17) is 13.6 Å². The molecular weight excluding hydrogens is 196 g/mol. The zero-order chi connectivity index (χ0) is 8.97. The summed E-state index contributed by atoms with van der Waals surface area (Å²) in [7, 11) is 4.21. The third-order valence-electron chi connectivity index (χ3n) is 1.27. The van der Waals surface area contributed by atoms with Crippen LogP contribution >= 0.6 is 18.9 Å². The Labute approximate surface area is 74.9 Å². The second-order valence-corrected chi connectivity index (χ2v) is 2.49. The van der Waals surface area contributed by atoms with Gasteiger partial charge >= 0.3 is 0 Å². The topological polar surface area (TPSA) is 44.5 Å². The van der Waals surface area contributed by atoms with Gasteiger partial charge in [-0.3, -0.25) is 0 Å². The third kappa shape index (κ3) is 2.04. The van der Waals surface area contributed by atoms with Gasteiger partial charge in [-0.25, -0.2) is 0 Å². The predicted molar refractivity (Wildman–Crippen MR) is 50.6 cm³/mol. The lowest BCUT2D eigenvalue weighted by molar-refractivity contribution is 0.236. The fraction of sp³-hybridized carbons (Fsp3) is 0.167. The van der Waals surface area contributed by atoms with Crippen molar-refractivity contribution in [1.29, 1.82) is 0 Å². The molecule has 66 valence electrons.